The zero-order valence-electron chi connectivity index (χ0n) is 23.1. The van der Waals surface area contributed by atoms with E-state index in [2.05, 4.69) is 54.5 Å². The van der Waals surface area contributed by atoms with Crippen LogP contribution in [0.15, 0.2) is 11.6 Å². The van der Waals surface area contributed by atoms with E-state index in [0.29, 0.717) is 28.1 Å². The lowest BCUT2D eigenvalue weighted by atomic mass is 9.41. The molecule has 0 amide bonds. The van der Waals surface area contributed by atoms with Crippen molar-refractivity contribution >= 4 is 5.97 Å². The van der Waals surface area contributed by atoms with Crippen LogP contribution >= 0.6 is 0 Å². The topological polar surface area (TPSA) is 26.3 Å². The van der Waals surface area contributed by atoms with Gasteiger partial charge >= 0.3 is 5.97 Å². The minimum absolute atomic E-state index is 0.0361. The molecule has 2 nitrogen and oxygen atoms in total. The Bertz CT molecular complexity index is 780. The van der Waals surface area contributed by atoms with Crippen LogP contribution in [-0.2, 0) is 9.53 Å². The SMILES string of the molecule is CCCCC[C@H](C)C1CC[C@@]2(C)C3=CCC4C(C)(C)[C@@H](OC(C)=O)CC[C@]4(C)C3CC[C@]12C. The van der Waals surface area contributed by atoms with E-state index >= 15 is 0 Å². The second kappa shape index (κ2) is 8.70. The summed E-state index contributed by atoms with van der Waals surface area (Å²) >= 11 is 0. The Morgan fingerprint density at radius 3 is 2.45 bits per heavy atom. The molecule has 0 aromatic rings. The maximum Gasteiger partial charge on any atom is 0.302 e. The monoisotopic (exact) mass is 456 g/mol. The van der Waals surface area contributed by atoms with Crippen molar-refractivity contribution < 1.29 is 9.53 Å². The number of unbranched alkanes of at least 4 members (excludes halogenated alkanes) is 2. The third kappa shape index (κ3) is 3.76. The van der Waals surface area contributed by atoms with E-state index in [-0.39, 0.29) is 17.5 Å². The predicted molar refractivity (Wildman–Crippen MR) is 138 cm³/mol. The molecule has 0 aromatic heterocycles. The van der Waals surface area contributed by atoms with Crippen molar-refractivity contribution in [3.8, 4) is 0 Å². The smallest absolute Gasteiger partial charge is 0.302 e. The van der Waals surface area contributed by atoms with Crippen LogP contribution in [0.1, 0.15) is 126 Å². The summed E-state index contributed by atoms with van der Waals surface area (Å²) in [6, 6.07) is 0. The molecular formula is C31H52O2. The number of esters is 1. The Hall–Kier alpha value is -0.790. The zero-order chi connectivity index (χ0) is 24.2. The minimum Gasteiger partial charge on any atom is -0.462 e. The lowest BCUT2D eigenvalue weighted by molar-refractivity contribution is -0.174. The summed E-state index contributed by atoms with van der Waals surface area (Å²) in [5.74, 6) is 2.92. The normalized spacial score (nSPS) is 44.8. The predicted octanol–water partition coefficient (Wildman–Crippen LogP) is 8.74. The van der Waals surface area contributed by atoms with Gasteiger partial charge in [0, 0.05) is 12.3 Å². The van der Waals surface area contributed by atoms with Crippen LogP contribution < -0.4 is 0 Å². The average Bonchev–Trinajstić information content (AvgIpc) is 3.02. The first-order valence-corrected chi connectivity index (χ1v) is 14.3. The van der Waals surface area contributed by atoms with E-state index < -0.39 is 0 Å². The molecule has 0 saturated heterocycles. The van der Waals surface area contributed by atoms with Crippen molar-refractivity contribution in [2.75, 3.05) is 0 Å². The first-order chi connectivity index (χ1) is 15.4. The third-order valence-corrected chi connectivity index (χ3v) is 12.1. The molecule has 3 fully saturated rings. The van der Waals surface area contributed by atoms with Gasteiger partial charge in [0.1, 0.15) is 6.10 Å². The Morgan fingerprint density at radius 1 is 1.06 bits per heavy atom. The molecule has 0 N–H and O–H groups in total. The summed E-state index contributed by atoms with van der Waals surface area (Å²) in [5, 5.41) is 0. The Kier molecular flexibility index (Phi) is 6.67. The van der Waals surface area contributed by atoms with Gasteiger partial charge in [-0.05, 0) is 84.9 Å². The second-order valence-corrected chi connectivity index (χ2v) is 13.9. The molecule has 0 spiro atoms. The van der Waals surface area contributed by atoms with Crippen molar-refractivity contribution in [1.82, 2.24) is 0 Å². The van der Waals surface area contributed by atoms with Crippen LogP contribution in [0.4, 0.5) is 0 Å². The molecule has 188 valence electrons. The van der Waals surface area contributed by atoms with E-state index in [0.717, 1.165) is 24.7 Å². The van der Waals surface area contributed by atoms with Crippen LogP contribution in [0.3, 0.4) is 0 Å². The molecule has 0 aliphatic heterocycles. The largest absolute Gasteiger partial charge is 0.462 e. The van der Waals surface area contributed by atoms with Gasteiger partial charge in [-0.15, -0.1) is 0 Å². The number of rotatable bonds is 6. The van der Waals surface area contributed by atoms with Crippen molar-refractivity contribution in [2.45, 2.75) is 132 Å². The van der Waals surface area contributed by atoms with Crippen LogP contribution in [-0.4, -0.2) is 12.1 Å². The van der Waals surface area contributed by atoms with Crippen molar-refractivity contribution in [3.05, 3.63) is 11.6 Å². The first-order valence-electron chi connectivity index (χ1n) is 14.3. The van der Waals surface area contributed by atoms with Crippen molar-refractivity contribution in [2.24, 2.45) is 45.3 Å². The number of hydrogen-bond donors (Lipinski definition) is 0. The fraction of sp³-hybridized carbons (Fsp3) is 0.903. The molecular weight excluding hydrogens is 404 g/mol. The summed E-state index contributed by atoms with van der Waals surface area (Å²) in [4.78, 5) is 11.8. The second-order valence-electron chi connectivity index (χ2n) is 13.9. The maximum absolute atomic E-state index is 11.8. The van der Waals surface area contributed by atoms with Gasteiger partial charge in [0.15, 0.2) is 0 Å². The highest BCUT2D eigenvalue weighted by Gasteiger charge is 2.65. The summed E-state index contributed by atoms with van der Waals surface area (Å²) in [7, 11) is 0. The Labute approximate surface area is 204 Å². The fourth-order valence-electron chi connectivity index (χ4n) is 9.97. The third-order valence-electron chi connectivity index (χ3n) is 12.1. The van der Waals surface area contributed by atoms with Crippen molar-refractivity contribution in [1.29, 1.82) is 0 Å². The molecule has 4 aliphatic rings. The molecule has 0 aromatic carbocycles. The highest BCUT2D eigenvalue weighted by Crippen LogP contribution is 2.73. The zero-order valence-corrected chi connectivity index (χ0v) is 23.1. The maximum atomic E-state index is 11.8. The molecule has 0 radical (unpaired) electrons. The average molecular weight is 457 g/mol. The summed E-state index contributed by atoms with van der Waals surface area (Å²) < 4.78 is 5.86. The number of fused-ring (bicyclic) bond motifs is 5. The number of ether oxygens (including phenoxy) is 1. The van der Waals surface area contributed by atoms with Crippen LogP contribution in [0.2, 0.25) is 0 Å². The van der Waals surface area contributed by atoms with Gasteiger partial charge in [0.05, 0.1) is 0 Å². The van der Waals surface area contributed by atoms with E-state index in [1.807, 2.05) is 5.57 Å². The van der Waals surface area contributed by atoms with Gasteiger partial charge in [-0.3, -0.25) is 4.79 Å². The minimum atomic E-state index is -0.116. The number of carbonyl (C=O) groups is 1. The van der Waals surface area contributed by atoms with Gasteiger partial charge in [-0.25, -0.2) is 0 Å². The van der Waals surface area contributed by atoms with E-state index in [4.69, 9.17) is 4.74 Å². The summed E-state index contributed by atoms with van der Waals surface area (Å²) in [6.07, 6.45) is 17.2. The molecule has 4 rings (SSSR count). The Morgan fingerprint density at radius 2 is 1.79 bits per heavy atom. The molecule has 33 heavy (non-hydrogen) atoms. The molecule has 0 heterocycles. The molecule has 3 unspecified atom stereocenters. The van der Waals surface area contributed by atoms with Gasteiger partial charge < -0.3 is 4.74 Å². The van der Waals surface area contributed by atoms with Crippen LogP contribution in [0, 0.1) is 45.3 Å². The highest BCUT2D eigenvalue weighted by molar-refractivity contribution is 5.66. The Balaban J connectivity index is 1.61. The van der Waals surface area contributed by atoms with Crippen LogP contribution in [0.25, 0.3) is 0 Å². The quantitative estimate of drug-likeness (QED) is 0.227. The lowest BCUT2D eigenvalue weighted by Gasteiger charge is -2.64. The standard InChI is InChI=1S/C31H52O2/c1-9-10-11-12-21(2)23-15-19-31(8)25-13-14-26-28(4,5)27(33-22(3)32)17-18-29(26,6)24(25)16-20-30(23,31)7/h13,21,23-24,26-27H,9-12,14-20H2,1-8H3/t21-,23?,24?,26?,27-,29+,30+,31-/m0/s1. The summed E-state index contributed by atoms with van der Waals surface area (Å²) in [6.45, 7) is 19.1. The van der Waals surface area contributed by atoms with E-state index in [9.17, 15) is 4.79 Å². The highest BCUT2D eigenvalue weighted by atomic mass is 16.5. The number of hydrogen-bond acceptors (Lipinski definition) is 2. The van der Waals surface area contributed by atoms with E-state index in [1.165, 1.54) is 57.8 Å². The van der Waals surface area contributed by atoms with E-state index in [1.54, 1.807) is 6.92 Å². The van der Waals surface area contributed by atoms with Gasteiger partial charge in [-0.1, -0.05) is 85.8 Å². The molecule has 8 atom stereocenters. The first kappa shape index (κ1) is 25.3. The number of allylic oxidation sites excluding steroid dienone is 2. The number of carbonyl (C=O) groups excluding carboxylic acids is 1. The lowest BCUT2D eigenvalue weighted by Crippen LogP contribution is -2.58. The molecule has 0 bridgehead atoms. The van der Waals surface area contributed by atoms with Gasteiger partial charge in [-0.2, -0.15) is 0 Å². The van der Waals surface area contributed by atoms with Crippen LogP contribution in [0.5, 0.6) is 0 Å². The van der Waals surface area contributed by atoms with Gasteiger partial charge in [0.2, 0.25) is 0 Å². The molecule has 4 aliphatic carbocycles. The van der Waals surface area contributed by atoms with Gasteiger partial charge in [0.25, 0.3) is 0 Å². The molecule has 3 saturated carbocycles. The summed E-state index contributed by atoms with van der Waals surface area (Å²) in [5.41, 5.74) is 3.02. The molecule has 2 heteroatoms. The fourth-order valence-corrected chi connectivity index (χ4v) is 9.97. The van der Waals surface area contributed by atoms with Crippen molar-refractivity contribution in [3.63, 3.8) is 0 Å².